The van der Waals surface area contributed by atoms with Gasteiger partial charge in [0.25, 0.3) is 11.5 Å². The van der Waals surface area contributed by atoms with E-state index in [4.69, 9.17) is 5.73 Å². The number of nitrogens with zero attached hydrogens (tertiary/aromatic N) is 2. The number of nitrogens with two attached hydrogens (primary N) is 1. The van der Waals surface area contributed by atoms with Gasteiger partial charge < -0.3 is 10.6 Å². The summed E-state index contributed by atoms with van der Waals surface area (Å²) in [5.41, 5.74) is 7.12. The molecule has 0 radical (unpaired) electrons. The molecule has 2 rings (SSSR count). The van der Waals surface area contributed by atoms with Crippen LogP contribution in [0.5, 0.6) is 0 Å². The van der Waals surface area contributed by atoms with Crippen molar-refractivity contribution >= 4 is 11.6 Å². The maximum Gasteiger partial charge on any atom is 0.276 e. The summed E-state index contributed by atoms with van der Waals surface area (Å²) in [4.78, 5) is 25.4. The van der Waals surface area contributed by atoms with Crippen molar-refractivity contribution in [2.24, 2.45) is 5.73 Å². The van der Waals surface area contributed by atoms with Gasteiger partial charge in [-0.25, -0.2) is 4.68 Å². The Balaban J connectivity index is 2.35. The Morgan fingerprint density at radius 1 is 1.32 bits per heavy atom. The van der Waals surface area contributed by atoms with E-state index >= 15 is 0 Å². The van der Waals surface area contributed by atoms with Crippen LogP contribution in [0.25, 0.3) is 0 Å². The number of hydrogen-bond donors (Lipinski definition) is 2. The smallest absolute Gasteiger partial charge is 0.276 e. The van der Waals surface area contributed by atoms with Crippen LogP contribution in [-0.4, -0.2) is 29.8 Å². The third-order valence-electron chi connectivity index (χ3n) is 2.85. The molecule has 6 heteroatoms. The molecule has 0 aliphatic carbocycles. The quantitative estimate of drug-likeness (QED) is 0.836. The SMILES string of the molecule is CN(C)c1ccc(C(=O)n2[nH]c(=O)cc2CN)cc1. The molecule has 3 N–H and O–H groups in total. The zero-order valence-electron chi connectivity index (χ0n) is 10.9. The van der Waals surface area contributed by atoms with E-state index in [1.807, 2.05) is 31.1 Å². The van der Waals surface area contributed by atoms with E-state index in [9.17, 15) is 9.59 Å². The minimum atomic E-state index is -0.335. The molecule has 0 saturated carbocycles. The molecule has 0 aliphatic heterocycles. The molecule has 0 fully saturated rings. The summed E-state index contributed by atoms with van der Waals surface area (Å²) in [6.07, 6.45) is 0. The van der Waals surface area contributed by atoms with Crippen LogP contribution in [0.1, 0.15) is 16.1 Å². The summed E-state index contributed by atoms with van der Waals surface area (Å²) in [5, 5.41) is 2.45. The molecule has 0 saturated heterocycles. The topological polar surface area (TPSA) is 84.1 Å². The lowest BCUT2D eigenvalue weighted by atomic mass is 10.2. The monoisotopic (exact) mass is 260 g/mol. The second kappa shape index (κ2) is 5.11. The molecule has 0 atom stereocenters. The Bertz CT molecular complexity index is 637. The van der Waals surface area contributed by atoms with Gasteiger partial charge >= 0.3 is 0 Å². The first-order valence-electron chi connectivity index (χ1n) is 5.86. The molecule has 1 aromatic heterocycles. The number of aromatic nitrogens is 2. The van der Waals surface area contributed by atoms with Crippen LogP contribution in [-0.2, 0) is 6.54 Å². The minimum Gasteiger partial charge on any atom is -0.378 e. The van der Waals surface area contributed by atoms with E-state index in [2.05, 4.69) is 5.10 Å². The lowest BCUT2D eigenvalue weighted by molar-refractivity contribution is 0.0941. The van der Waals surface area contributed by atoms with Crippen molar-refractivity contribution in [3.63, 3.8) is 0 Å². The van der Waals surface area contributed by atoms with Crippen LogP contribution in [0.2, 0.25) is 0 Å². The number of carbonyl (C=O) groups is 1. The Kier molecular flexibility index (Phi) is 3.52. The lowest BCUT2D eigenvalue weighted by Crippen LogP contribution is -2.19. The summed E-state index contributed by atoms with van der Waals surface area (Å²) in [7, 11) is 3.85. The van der Waals surface area contributed by atoms with Crippen LogP contribution in [0, 0.1) is 0 Å². The number of benzene rings is 1. The van der Waals surface area contributed by atoms with E-state index in [1.165, 1.54) is 10.7 Å². The summed E-state index contributed by atoms with van der Waals surface area (Å²) in [6.45, 7) is 0.125. The van der Waals surface area contributed by atoms with E-state index < -0.39 is 0 Å². The fourth-order valence-corrected chi connectivity index (χ4v) is 1.79. The molecule has 100 valence electrons. The van der Waals surface area contributed by atoms with Crippen molar-refractivity contribution in [3.05, 3.63) is 51.9 Å². The van der Waals surface area contributed by atoms with Crippen molar-refractivity contribution in [3.8, 4) is 0 Å². The first kappa shape index (κ1) is 13.1. The largest absolute Gasteiger partial charge is 0.378 e. The number of aromatic amines is 1. The van der Waals surface area contributed by atoms with Gasteiger partial charge in [0.05, 0.1) is 5.69 Å². The van der Waals surface area contributed by atoms with Gasteiger partial charge in [-0.15, -0.1) is 0 Å². The Morgan fingerprint density at radius 2 is 1.95 bits per heavy atom. The number of anilines is 1. The average molecular weight is 260 g/mol. The van der Waals surface area contributed by atoms with Crippen molar-refractivity contribution in [1.82, 2.24) is 9.78 Å². The highest BCUT2D eigenvalue weighted by molar-refractivity contribution is 5.96. The average Bonchev–Trinajstić information content (AvgIpc) is 2.79. The summed E-state index contributed by atoms with van der Waals surface area (Å²) in [6, 6.07) is 8.45. The van der Waals surface area contributed by atoms with Gasteiger partial charge in [0.15, 0.2) is 0 Å². The third kappa shape index (κ3) is 2.58. The molecule has 0 amide bonds. The van der Waals surface area contributed by atoms with Gasteiger partial charge in [0.1, 0.15) is 0 Å². The second-order valence-electron chi connectivity index (χ2n) is 4.40. The van der Waals surface area contributed by atoms with Crippen molar-refractivity contribution in [1.29, 1.82) is 0 Å². The maximum absolute atomic E-state index is 12.2. The first-order chi connectivity index (χ1) is 9.02. The molecule has 1 heterocycles. The number of H-pyrrole nitrogens is 1. The van der Waals surface area contributed by atoms with Crippen molar-refractivity contribution in [2.75, 3.05) is 19.0 Å². The zero-order valence-corrected chi connectivity index (χ0v) is 10.9. The van der Waals surface area contributed by atoms with Gasteiger partial charge in [-0.05, 0) is 24.3 Å². The predicted molar refractivity (Wildman–Crippen MR) is 73.4 cm³/mol. The summed E-state index contributed by atoms with van der Waals surface area (Å²) < 4.78 is 1.19. The highest BCUT2D eigenvalue weighted by atomic mass is 16.2. The predicted octanol–water partition coefficient (Wildman–Crippen LogP) is 0.390. The van der Waals surface area contributed by atoms with Crippen LogP contribution in [0.15, 0.2) is 35.1 Å². The molecule has 2 aromatic rings. The molecule has 0 bridgehead atoms. The molecule has 6 nitrogen and oxygen atoms in total. The van der Waals surface area contributed by atoms with Crippen molar-refractivity contribution < 1.29 is 4.79 Å². The number of nitrogens with one attached hydrogen (secondary N) is 1. The molecule has 0 unspecified atom stereocenters. The normalized spacial score (nSPS) is 10.5. The standard InChI is InChI=1S/C13H16N4O2/c1-16(2)10-5-3-9(4-6-10)13(19)17-11(8-14)7-12(18)15-17/h3-7H,8,14H2,1-2H3,(H,15,18). The van der Waals surface area contributed by atoms with Gasteiger partial charge in [0.2, 0.25) is 0 Å². The van der Waals surface area contributed by atoms with Crippen LogP contribution in [0.4, 0.5) is 5.69 Å². The van der Waals surface area contributed by atoms with Gasteiger partial charge in [0, 0.05) is 38.0 Å². The fourth-order valence-electron chi connectivity index (χ4n) is 1.79. The highest BCUT2D eigenvalue weighted by Crippen LogP contribution is 2.13. The van der Waals surface area contributed by atoms with Crippen LogP contribution in [0.3, 0.4) is 0 Å². The van der Waals surface area contributed by atoms with E-state index in [1.54, 1.807) is 12.1 Å². The fraction of sp³-hybridized carbons (Fsp3) is 0.231. The van der Waals surface area contributed by atoms with Crippen molar-refractivity contribution in [2.45, 2.75) is 6.54 Å². The number of hydrogen-bond acceptors (Lipinski definition) is 4. The van der Waals surface area contributed by atoms with Gasteiger partial charge in [-0.2, -0.15) is 0 Å². The number of rotatable bonds is 3. The highest BCUT2D eigenvalue weighted by Gasteiger charge is 2.13. The molecule has 0 aliphatic rings. The molecule has 19 heavy (non-hydrogen) atoms. The first-order valence-corrected chi connectivity index (χ1v) is 5.86. The zero-order chi connectivity index (χ0) is 14.0. The minimum absolute atomic E-state index is 0.125. The number of carbonyl (C=O) groups excluding carboxylic acids is 1. The molecular weight excluding hydrogens is 244 g/mol. The van der Waals surface area contributed by atoms with Gasteiger partial charge in [-0.3, -0.25) is 14.7 Å². The summed E-state index contributed by atoms with van der Waals surface area (Å²) >= 11 is 0. The molecule has 0 spiro atoms. The maximum atomic E-state index is 12.2. The summed E-state index contributed by atoms with van der Waals surface area (Å²) in [5.74, 6) is -0.298. The Morgan fingerprint density at radius 3 is 2.47 bits per heavy atom. The Hall–Kier alpha value is -2.34. The lowest BCUT2D eigenvalue weighted by Gasteiger charge is -2.12. The van der Waals surface area contributed by atoms with E-state index in [-0.39, 0.29) is 18.0 Å². The second-order valence-corrected chi connectivity index (χ2v) is 4.40. The molecular formula is C13H16N4O2. The van der Waals surface area contributed by atoms with Crippen LogP contribution < -0.4 is 16.2 Å². The van der Waals surface area contributed by atoms with Gasteiger partial charge in [-0.1, -0.05) is 0 Å². The van der Waals surface area contributed by atoms with Crippen LogP contribution >= 0.6 is 0 Å². The van der Waals surface area contributed by atoms with E-state index in [0.717, 1.165) is 5.69 Å². The third-order valence-corrected chi connectivity index (χ3v) is 2.85. The van der Waals surface area contributed by atoms with E-state index in [0.29, 0.717) is 11.3 Å². The Labute approximate surface area is 110 Å². The molecule has 1 aromatic carbocycles.